The zero-order valence-corrected chi connectivity index (χ0v) is 12.5. The first-order valence-corrected chi connectivity index (χ1v) is 7.05. The predicted molar refractivity (Wildman–Crippen MR) is 89.0 cm³/mol. The van der Waals surface area contributed by atoms with E-state index < -0.39 is 5.97 Å². The van der Waals surface area contributed by atoms with Crippen molar-refractivity contribution < 1.29 is 9.90 Å². The van der Waals surface area contributed by atoms with Gasteiger partial charge in [-0.3, -0.25) is 4.98 Å². The lowest BCUT2D eigenvalue weighted by Gasteiger charge is -2.10. The highest BCUT2D eigenvalue weighted by Gasteiger charge is 2.14. The largest absolute Gasteiger partial charge is 0.478 e. The minimum atomic E-state index is -0.995. The first-order chi connectivity index (χ1) is 11.6. The van der Waals surface area contributed by atoms with Gasteiger partial charge >= 0.3 is 5.97 Å². The maximum Gasteiger partial charge on any atom is 0.335 e. The number of nitrogens with two attached hydrogens (primary N) is 1. The van der Waals surface area contributed by atoms with Crippen molar-refractivity contribution in [3.8, 4) is 28.5 Å². The molecule has 0 saturated carbocycles. The standard InChI is InChI=1S/C18H12N4O2/c19-9-15-14(13-2-1-7-21-10-13)8-16(22-17(15)20)11-3-5-12(6-4-11)18(23)24/h1-8,10H,(H2,20,22)(H,23,24). The summed E-state index contributed by atoms with van der Waals surface area (Å²) in [6.07, 6.45) is 3.29. The quantitative estimate of drug-likeness (QED) is 0.768. The summed E-state index contributed by atoms with van der Waals surface area (Å²) in [6, 6.07) is 13.7. The van der Waals surface area contributed by atoms with Crippen LogP contribution < -0.4 is 5.73 Å². The van der Waals surface area contributed by atoms with Crippen molar-refractivity contribution in [2.45, 2.75) is 0 Å². The molecule has 0 fully saturated rings. The lowest BCUT2D eigenvalue weighted by Crippen LogP contribution is -2.00. The van der Waals surface area contributed by atoms with E-state index in [0.29, 0.717) is 16.8 Å². The Morgan fingerprint density at radius 1 is 1.17 bits per heavy atom. The van der Waals surface area contributed by atoms with E-state index in [2.05, 4.69) is 16.0 Å². The Morgan fingerprint density at radius 3 is 2.50 bits per heavy atom. The van der Waals surface area contributed by atoms with Gasteiger partial charge in [0.2, 0.25) is 0 Å². The van der Waals surface area contributed by atoms with Crippen LogP contribution in [0.25, 0.3) is 22.4 Å². The highest BCUT2D eigenvalue weighted by atomic mass is 16.4. The van der Waals surface area contributed by atoms with Crippen molar-refractivity contribution in [1.82, 2.24) is 9.97 Å². The fraction of sp³-hybridized carbons (Fsp3) is 0. The van der Waals surface area contributed by atoms with Gasteiger partial charge in [0.15, 0.2) is 0 Å². The average Bonchev–Trinajstić information content (AvgIpc) is 2.62. The number of hydrogen-bond donors (Lipinski definition) is 2. The Bertz CT molecular complexity index is 945. The van der Waals surface area contributed by atoms with Gasteiger partial charge in [0, 0.05) is 29.1 Å². The van der Waals surface area contributed by atoms with Crippen LogP contribution in [0.1, 0.15) is 15.9 Å². The third-order valence-electron chi connectivity index (χ3n) is 3.56. The van der Waals surface area contributed by atoms with Crippen molar-refractivity contribution >= 4 is 11.8 Å². The van der Waals surface area contributed by atoms with Crippen LogP contribution in [0.5, 0.6) is 0 Å². The van der Waals surface area contributed by atoms with Gasteiger partial charge in [0.1, 0.15) is 17.5 Å². The minimum absolute atomic E-state index is 0.121. The Hall–Kier alpha value is -3.72. The lowest BCUT2D eigenvalue weighted by molar-refractivity contribution is 0.0697. The van der Waals surface area contributed by atoms with Gasteiger partial charge in [-0.2, -0.15) is 5.26 Å². The van der Waals surface area contributed by atoms with Crippen molar-refractivity contribution in [2.24, 2.45) is 0 Å². The van der Waals surface area contributed by atoms with E-state index >= 15 is 0 Å². The van der Waals surface area contributed by atoms with Gasteiger partial charge in [-0.1, -0.05) is 18.2 Å². The van der Waals surface area contributed by atoms with E-state index in [1.165, 1.54) is 12.1 Å². The summed E-state index contributed by atoms with van der Waals surface area (Å²) in [6.45, 7) is 0. The number of nitriles is 1. The van der Waals surface area contributed by atoms with E-state index in [4.69, 9.17) is 10.8 Å². The molecular weight excluding hydrogens is 304 g/mol. The number of nitrogen functional groups attached to an aromatic ring is 1. The summed E-state index contributed by atoms with van der Waals surface area (Å²) in [7, 11) is 0. The number of aromatic nitrogens is 2. The maximum absolute atomic E-state index is 10.9. The van der Waals surface area contributed by atoms with Crippen molar-refractivity contribution in [1.29, 1.82) is 5.26 Å². The molecule has 0 amide bonds. The first-order valence-electron chi connectivity index (χ1n) is 7.05. The molecule has 24 heavy (non-hydrogen) atoms. The molecule has 3 aromatic rings. The van der Waals surface area contributed by atoms with Gasteiger partial charge in [-0.05, 0) is 24.3 Å². The zero-order valence-electron chi connectivity index (χ0n) is 12.5. The second-order valence-corrected chi connectivity index (χ2v) is 5.05. The smallest absolute Gasteiger partial charge is 0.335 e. The monoisotopic (exact) mass is 316 g/mol. The first kappa shape index (κ1) is 15.2. The number of carboxylic acids is 1. The molecule has 0 atom stereocenters. The summed E-state index contributed by atoms with van der Waals surface area (Å²) in [5.41, 5.74) is 9.07. The van der Waals surface area contributed by atoms with Crippen LogP contribution >= 0.6 is 0 Å². The molecule has 3 N–H and O–H groups in total. The van der Waals surface area contributed by atoms with E-state index in [1.807, 2.05) is 6.07 Å². The molecule has 6 nitrogen and oxygen atoms in total. The molecule has 2 aromatic heterocycles. The van der Waals surface area contributed by atoms with Crippen LogP contribution in [0.3, 0.4) is 0 Å². The number of aromatic carboxylic acids is 1. The van der Waals surface area contributed by atoms with Gasteiger partial charge in [0.05, 0.1) is 11.3 Å². The summed E-state index contributed by atoms with van der Waals surface area (Å²) in [5.74, 6) is -0.874. The van der Waals surface area contributed by atoms with E-state index in [0.717, 1.165) is 5.56 Å². The molecule has 0 unspecified atom stereocenters. The van der Waals surface area contributed by atoms with Crippen LogP contribution in [-0.4, -0.2) is 21.0 Å². The van der Waals surface area contributed by atoms with Crippen LogP contribution in [-0.2, 0) is 0 Å². The molecule has 116 valence electrons. The molecule has 1 aromatic carbocycles. The molecule has 0 saturated heterocycles. The zero-order chi connectivity index (χ0) is 17.1. The topological polar surface area (TPSA) is 113 Å². The maximum atomic E-state index is 10.9. The highest BCUT2D eigenvalue weighted by molar-refractivity contribution is 5.88. The number of nitrogens with zero attached hydrogens (tertiary/aromatic N) is 3. The highest BCUT2D eigenvalue weighted by Crippen LogP contribution is 2.30. The number of carbonyl (C=O) groups is 1. The number of benzene rings is 1. The van der Waals surface area contributed by atoms with E-state index in [-0.39, 0.29) is 16.9 Å². The summed E-state index contributed by atoms with van der Waals surface area (Å²) >= 11 is 0. The Kier molecular flexibility index (Phi) is 3.91. The SMILES string of the molecule is N#Cc1c(-c2cccnc2)cc(-c2ccc(C(=O)O)cc2)nc1N. The van der Waals surface area contributed by atoms with Crippen molar-refractivity contribution in [3.05, 3.63) is 66.0 Å². The summed E-state index contributed by atoms with van der Waals surface area (Å²) < 4.78 is 0. The minimum Gasteiger partial charge on any atom is -0.478 e. The van der Waals surface area contributed by atoms with Crippen LogP contribution in [0.2, 0.25) is 0 Å². The molecular formula is C18H12N4O2. The number of pyridine rings is 2. The molecule has 0 bridgehead atoms. The van der Waals surface area contributed by atoms with Gasteiger partial charge in [-0.15, -0.1) is 0 Å². The number of anilines is 1. The summed E-state index contributed by atoms with van der Waals surface area (Å²) in [5, 5.41) is 18.3. The van der Waals surface area contributed by atoms with Gasteiger partial charge in [-0.25, -0.2) is 9.78 Å². The Morgan fingerprint density at radius 2 is 1.92 bits per heavy atom. The number of carboxylic acid groups (broad SMARTS) is 1. The Labute approximate surface area is 137 Å². The van der Waals surface area contributed by atoms with Crippen LogP contribution in [0, 0.1) is 11.3 Å². The molecule has 6 heteroatoms. The van der Waals surface area contributed by atoms with Crippen LogP contribution in [0.4, 0.5) is 5.82 Å². The van der Waals surface area contributed by atoms with Gasteiger partial charge < -0.3 is 10.8 Å². The molecule has 0 aliphatic rings. The lowest BCUT2D eigenvalue weighted by atomic mass is 9.99. The van der Waals surface area contributed by atoms with Gasteiger partial charge in [0.25, 0.3) is 0 Å². The second-order valence-electron chi connectivity index (χ2n) is 5.05. The molecule has 2 heterocycles. The predicted octanol–water partition coefficient (Wildman–Crippen LogP) is 2.96. The van der Waals surface area contributed by atoms with E-state index in [1.54, 1.807) is 36.7 Å². The Balaban J connectivity index is 2.15. The molecule has 0 radical (unpaired) electrons. The number of hydrogen-bond acceptors (Lipinski definition) is 5. The van der Waals surface area contributed by atoms with Crippen molar-refractivity contribution in [2.75, 3.05) is 5.73 Å². The number of rotatable bonds is 3. The second kappa shape index (κ2) is 6.18. The molecule has 0 aliphatic heterocycles. The van der Waals surface area contributed by atoms with Crippen molar-refractivity contribution in [3.63, 3.8) is 0 Å². The van der Waals surface area contributed by atoms with Crippen LogP contribution in [0.15, 0.2) is 54.9 Å². The molecule has 3 rings (SSSR count). The molecule has 0 aliphatic carbocycles. The molecule has 0 spiro atoms. The third-order valence-corrected chi connectivity index (χ3v) is 3.56. The average molecular weight is 316 g/mol. The van der Waals surface area contributed by atoms with E-state index in [9.17, 15) is 10.1 Å². The fourth-order valence-corrected chi connectivity index (χ4v) is 2.36. The normalized spacial score (nSPS) is 10.1. The summed E-state index contributed by atoms with van der Waals surface area (Å²) in [4.78, 5) is 19.3. The fourth-order valence-electron chi connectivity index (χ4n) is 2.36. The third kappa shape index (κ3) is 2.78.